The molecule has 2 N–H and O–H groups in total. The zero-order chi connectivity index (χ0) is 21.5. The van der Waals surface area contributed by atoms with Crippen LogP contribution in [0, 0.1) is 11.3 Å². The van der Waals surface area contributed by atoms with Gasteiger partial charge in [-0.1, -0.05) is 48.3 Å². The first-order valence-corrected chi connectivity index (χ1v) is 11.2. The smallest absolute Gasteiger partial charge is 0.226 e. The molecule has 6 heteroatoms. The highest BCUT2D eigenvalue weighted by molar-refractivity contribution is 6.31. The molecule has 1 saturated carbocycles. The Hall–Kier alpha value is -1.75. The van der Waals surface area contributed by atoms with Gasteiger partial charge in [0.05, 0.1) is 12.0 Å². The summed E-state index contributed by atoms with van der Waals surface area (Å²) in [6, 6.07) is 13.8. The molecular weight excluding hydrogens is 421 g/mol. The highest BCUT2D eigenvalue weighted by Crippen LogP contribution is 2.59. The van der Waals surface area contributed by atoms with Crippen molar-refractivity contribution in [3.05, 3.63) is 63.6 Å². The van der Waals surface area contributed by atoms with Crippen molar-refractivity contribution >= 4 is 29.1 Å². The van der Waals surface area contributed by atoms with Gasteiger partial charge in [0.25, 0.3) is 0 Å². The molecular formula is C24H27Cl2NO3. The van der Waals surface area contributed by atoms with E-state index in [1.807, 2.05) is 30.3 Å². The minimum atomic E-state index is -0.392. The summed E-state index contributed by atoms with van der Waals surface area (Å²) in [6.45, 7) is 4.40. The minimum absolute atomic E-state index is 0.0418. The van der Waals surface area contributed by atoms with Gasteiger partial charge in [0, 0.05) is 22.0 Å². The maximum Gasteiger partial charge on any atom is 0.226 e. The normalized spacial score (nSPS) is 30.6. The van der Waals surface area contributed by atoms with Gasteiger partial charge in [-0.3, -0.25) is 4.79 Å². The molecule has 0 spiro atoms. The van der Waals surface area contributed by atoms with E-state index < -0.39 is 5.41 Å². The highest BCUT2D eigenvalue weighted by atomic mass is 35.5. The van der Waals surface area contributed by atoms with E-state index in [1.54, 1.807) is 0 Å². The third-order valence-corrected chi connectivity index (χ3v) is 7.51. The number of amides is 1. The van der Waals surface area contributed by atoms with E-state index in [0.717, 1.165) is 18.4 Å². The Balaban J connectivity index is 1.77. The first kappa shape index (κ1) is 21.5. The van der Waals surface area contributed by atoms with Gasteiger partial charge >= 0.3 is 0 Å². The number of nitrogens with one attached hydrogen (secondary N) is 1. The summed E-state index contributed by atoms with van der Waals surface area (Å²) in [5, 5.41) is 13.5. The number of carbonyl (C=O) groups is 1. The molecule has 160 valence electrons. The van der Waals surface area contributed by atoms with Crippen molar-refractivity contribution in [2.75, 3.05) is 13.2 Å². The van der Waals surface area contributed by atoms with Crippen molar-refractivity contribution in [3.63, 3.8) is 0 Å². The third-order valence-electron chi connectivity index (χ3n) is 6.93. The van der Waals surface area contributed by atoms with Crippen LogP contribution in [-0.4, -0.2) is 30.3 Å². The predicted molar refractivity (Wildman–Crippen MR) is 119 cm³/mol. The minimum Gasteiger partial charge on any atom is -0.491 e. The lowest BCUT2D eigenvalue weighted by Gasteiger charge is -2.46. The molecule has 1 heterocycles. The van der Waals surface area contributed by atoms with Crippen LogP contribution in [0.4, 0.5) is 0 Å². The number of benzene rings is 2. The molecule has 2 fully saturated rings. The van der Waals surface area contributed by atoms with Crippen LogP contribution in [0.15, 0.2) is 42.5 Å². The SMILES string of the molecule is CC1NC(=O)C2(C)CCC(c3ccc(OCCO)cc3Cl)C(c3ccc(Cl)cc3)C12. The summed E-state index contributed by atoms with van der Waals surface area (Å²) in [6.07, 6.45) is 1.69. The molecule has 2 aromatic carbocycles. The molecule has 5 atom stereocenters. The number of aliphatic hydroxyl groups is 1. The van der Waals surface area contributed by atoms with Crippen LogP contribution < -0.4 is 10.1 Å². The Labute approximate surface area is 187 Å². The molecule has 1 amide bonds. The molecule has 0 radical (unpaired) electrons. The van der Waals surface area contributed by atoms with Crippen LogP contribution >= 0.6 is 23.2 Å². The van der Waals surface area contributed by atoms with Crippen LogP contribution in [0.1, 0.15) is 49.7 Å². The van der Waals surface area contributed by atoms with Crippen molar-refractivity contribution < 1.29 is 14.6 Å². The van der Waals surface area contributed by atoms with E-state index in [1.165, 1.54) is 5.56 Å². The number of ether oxygens (including phenoxy) is 1. The number of hydrogen-bond donors (Lipinski definition) is 2. The fourth-order valence-electron chi connectivity index (χ4n) is 5.57. The van der Waals surface area contributed by atoms with Crippen molar-refractivity contribution in [1.29, 1.82) is 0 Å². The highest BCUT2D eigenvalue weighted by Gasteiger charge is 2.57. The Bertz CT molecular complexity index is 933. The molecule has 4 rings (SSSR count). The average Bonchev–Trinajstić information content (AvgIpc) is 2.95. The molecule has 4 nitrogen and oxygen atoms in total. The molecule has 0 bridgehead atoms. The van der Waals surface area contributed by atoms with Gasteiger partial charge in [0.2, 0.25) is 5.91 Å². The zero-order valence-corrected chi connectivity index (χ0v) is 18.7. The Morgan fingerprint density at radius 3 is 2.60 bits per heavy atom. The first-order chi connectivity index (χ1) is 14.3. The number of aliphatic hydroxyl groups excluding tert-OH is 1. The van der Waals surface area contributed by atoms with Gasteiger partial charge < -0.3 is 15.2 Å². The number of hydrogen-bond acceptors (Lipinski definition) is 3. The lowest BCUT2D eigenvalue weighted by atomic mass is 9.56. The Morgan fingerprint density at radius 1 is 1.20 bits per heavy atom. The summed E-state index contributed by atoms with van der Waals surface area (Å²) < 4.78 is 5.52. The maximum absolute atomic E-state index is 12.8. The van der Waals surface area contributed by atoms with E-state index in [2.05, 4.69) is 31.3 Å². The van der Waals surface area contributed by atoms with Gasteiger partial charge in [-0.2, -0.15) is 0 Å². The second kappa shape index (κ2) is 8.41. The van der Waals surface area contributed by atoms with E-state index >= 15 is 0 Å². The summed E-state index contributed by atoms with van der Waals surface area (Å²) in [7, 11) is 0. The summed E-state index contributed by atoms with van der Waals surface area (Å²) >= 11 is 12.9. The van der Waals surface area contributed by atoms with Crippen LogP contribution in [0.25, 0.3) is 0 Å². The van der Waals surface area contributed by atoms with Gasteiger partial charge in [-0.15, -0.1) is 0 Å². The summed E-state index contributed by atoms with van der Waals surface area (Å²) in [4.78, 5) is 12.8. The number of halogens is 2. The van der Waals surface area contributed by atoms with Gasteiger partial charge in [-0.25, -0.2) is 0 Å². The van der Waals surface area contributed by atoms with Crippen LogP contribution in [0.2, 0.25) is 10.0 Å². The van der Waals surface area contributed by atoms with Crippen molar-refractivity contribution in [1.82, 2.24) is 5.32 Å². The summed E-state index contributed by atoms with van der Waals surface area (Å²) in [5.74, 6) is 1.27. The molecule has 2 aliphatic rings. The van der Waals surface area contributed by atoms with Crippen molar-refractivity contribution in [3.8, 4) is 5.75 Å². The first-order valence-electron chi connectivity index (χ1n) is 10.4. The van der Waals surface area contributed by atoms with Gasteiger partial charge in [0.15, 0.2) is 0 Å². The molecule has 1 aliphatic heterocycles. The van der Waals surface area contributed by atoms with Gasteiger partial charge in [0.1, 0.15) is 12.4 Å². The molecule has 2 aromatic rings. The monoisotopic (exact) mass is 447 g/mol. The lowest BCUT2D eigenvalue weighted by molar-refractivity contribution is -0.129. The molecule has 1 saturated heterocycles. The van der Waals surface area contributed by atoms with E-state index in [0.29, 0.717) is 15.8 Å². The molecule has 30 heavy (non-hydrogen) atoms. The third kappa shape index (κ3) is 3.70. The lowest BCUT2D eigenvalue weighted by Crippen LogP contribution is -2.42. The zero-order valence-electron chi connectivity index (χ0n) is 17.2. The van der Waals surface area contributed by atoms with Crippen molar-refractivity contribution in [2.45, 2.75) is 44.6 Å². The Kier molecular flexibility index (Phi) is 6.02. The number of fused-ring (bicyclic) bond motifs is 1. The fourth-order valence-corrected chi connectivity index (χ4v) is 6.01. The quantitative estimate of drug-likeness (QED) is 0.664. The second-order valence-corrected chi connectivity index (χ2v) is 9.53. The average molecular weight is 448 g/mol. The van der Waals surface area contributed by atoms with Gasteiger partial charge in [-0.05, 0) is 67.0 Å². The largest absolute Gasteiger partial charge is 0.491 e. The van der Waals surface area contributed by atoms with Crippen LogP contribution in [-0.2, 0) is 4.79 Å². The van der Waals surface area contributed by atoms with Crippen molar-refractivity contribution in [2.24, 2.45) is 11.3 Å². The topological polar surface area (TPSA) is 58.6 Å². The standard InChI is InChI=1S/C24H27Cl2NO3/c1-14-22-21(15-3-5-16(25)6-4-15)19(9-10-24(22,2)23(29)27-14)18-8-7-17(13-20(18)26)30-12-11-28/h3-8,13-14,19,21-22,28H,9-12H2,1-2H3,(H,27,29). The van der Waals surface area contributed by atoms with Crippen LogP contribution in [0.5, 0.6) is 5.75 Å². The fraction of sp³-hybridized carbons (Fsp3) is 0.458. The number of rotatable bonds is 5. The van der Waals surface area contributed by atoms with E-state index in [4.69, 9.17) is 33.0 Å². The van der Waals surface area contributed by atoms with Crippen LogP contribution in [0.3, 0.4) is 0 Å². The van der Waals surface area contributed by atoms with E-state index in [9.17, 15) is 4.79 Å². The maximum atomic E-state index is 12.8. The molecule has 1 aliphatic carbocycles. The van der Waals surface area contributed by atoms with E-state index in [-0.39, 0.29) is 42.9 Å². The summed E-state index contributed by atoms with van der Waals surface area (Å²) in [5.41, 5.74) is 1.86. The molecule has 5 unspecified atom stereocenters. The second-order valence-electron chi connectivity index (χ2n) is 8.68. The number of carbonyl (C=O) groups excluding carboxylic acids is 1. The Morgan fingerprint density at radius 2 is 1.93 bits per heavy atom. The predicted octanol–water partition coefficient (Wildman–Crippen LogP) is 5.17. The molecule has 0 aromatic heterocycles.